The first-order valence-corrected chi connectivity index (χ1v) is 13.2. The van der Waals surface area contributed by atoms with Crippen molar-refractivity contribution in [3.63, 3.8) is 0 Å². The fourth-order valence-electron chi connectivity index (χ4n) is 3.69. The minimum absolute atomic E-state index is 0.158. The van der Waals surface area contributed by atoms with Crippen molar-refractivity contribution < 1.29 is 14.3 Å². The van der Waals surface area contributed by atoms with E-state index < -0.39 is 0 Å². The van der Waals surface area contributed by atoms with Gasteiger partial charge in [0.1, 0.15) is 0 Å². The highest BCUT2D eigenvalue weighted by Crippen LogP contribution is 2.34. The van der Waals surface area contributed by atoms with E-state index in [0.29, 0.717) is 27.6 Å². The lowest BCUT2D eigenvalue weighted by atomic mass is 10.1. The number of nitrogens with zero attached hydrogens (tertiary/aromatic N) is 4. The van der Waals surface area contributed by atoms with E-state index in [2.05, 4.69) is 20.5 Å². The number of thioether (sulfide) groups is 1. The Kier molecular flexibility index (Phi) is 7.48. The van der Waals surface area contributed by atoms with E-state index in [0.717, 1.165) is 22.5 Å². The molecule has 0 unspecified atom stereocenters. The van der Waals surface area contributed by atoms with Gasteiger partial charge in [-0.2, -0.15) is 0 Å². The smallest absolute Gasteiger partial charge is 0.236 e. The number of rotatable bonds is 9. The average molecular weight is 530 g/mol. The molecule has 8 nitrogen and oxygen atoms in total. The monoisotopic (exact) mass is 529 g/mol. The van der Waals surface area contributed by atoms with Crippen LogP contribution in [0.3, 0.4) is 0 Å². The van der Waals surface area contributed by atoms with Crippen LogP contribution < -0.4 is 14.8 Å². The number of nitrogens with one attached hydrogen (secondary N) is 1. The number of thiazole rings is 1. The van der Waals surface area contributed by atoms with Gasteiger partial charge < -0.3 is 14.8 Å². The topological polar surface area (TPSA) is 91.2 Å². The van der Waals surface area contributed by atoms with Crippen molar-refractivity contribution in [1.82, 2.24) is 19.7 Å². The van der Waals surface area contributed by atoms with Crippen LogP contribution in [0.1, 0.15) is 0 Å². The summed E-state index contributed by atoms with van der Waals surface area (Å²) in [5.74, 6) is 1.96. The molecular formula is C27H23N5O3S2. The second-order valence-electron chi connectivity index (χ2n) is 7.79. The van der Waals surface area contributed by atoms with Crippen molar-refractivity contribution in [1.29, 1.82) is 0 Å². The van der Waals surface area contributed by atoms with E-state index in [1.54, 1.807) is 14.2 Å². The highest BCUT2D eigenvalue weighted by molar-refractivity contribution is 7.99. The standard InChI is InChI=1S/C27H23N5O3S2/c1-34-22-14-13-19(15-23(22)35-2)21-16-36-26(28-21)29-24(33)17-37-27-31-30-25(18-9-5-3-6-10-18)32(27)20-11-7-4-8-12-20/h3-16H,17H2,1-2H3,(H,28,29,33). The van der Waals surface area contributed by atoms with Gasteiger partial charge in [0, 0.05) is 22.2 Å². The fraction of sp³-hybridized carbons (Fsp3) is 0.111. The summed E-state index contributed by atoms with van der Waals surface area (Å²) in [6.45, 7) is 0. The molecule has 0 radical (unpaired) electrons. The summed E-state index contributed by atoms with van der Waals surface area (Å²) in [7, 11) is 3.18. The Bertz CT molecular complexity index is 1500. The van der Waals surface area contributed by atoms with Crippen molar-refractivity contribution >= 4 is 34.1 Å². The van der Waals surface area contributed by atoms with Gasteiger partial charge in [0.25, 0.3) is 0 Å². The van der Waals surface area contributed by atoms with Gasteiger partial charge in [-0.15, -0.1) is 21.5 Å². The highest BCUT2D eigenvalue weighted by Gasteiger charge is 2.18. The van der Waals surface area contributed by atoms with Crippen LogP contribution in [0, 0.1) is 0 Å². The third-order valence-electron chi connectivity index (χ3n) is 5.44. The largest absolute Gasteiger partial charge is 0.493 e. The summed E-state index contributed by atoms with van der Waals surface area (Å²) in [5.41, 5.74) is 3.48. The Morgan fingerprint density at radius 1 is 0.919 bits per heavy atom. The second kappa shape index (κ2) is 11.3. The maximum atomic E-state index is 12.8. The predicted molar refractivity (Wildman–Crippen MR) is 147 cm³/mol. The number of carbonyl (C=O) groups is 1. The Morgan fingerprint density at radius 2 is 1.65 bits per heavy atom. The van der Waals surface area contributed by atoms with E-state index in [-0.39, 0.29) is 11.7 Å². The van der Waals surface area contributed by atoms with Crippen molar-refractivity contribution in [3.05, 3.63) is 84.2 Å². The van der Waals surface area contributed by atoms with Gasteiger partial charge in [-0.3, -0.25) is 9.36 Å². The molecule has 0 spiro atoms. The minimum atomic E-state index is -0.179. The zero-order valence-corrected chi connectivity index (χ0v) is 21.8. The first-order valence-electron chi connectivity index (χ1n) is 11.3. The lowest BCUT2D eigenvalue weighted by molar-refractivity contribution is -0.113. The van der Waals surface area contributed by atoms with Crippen LogP contribution in [0.5, 0.6) is 11.5 Å². The number of aromatic nitrogens is 4. The molecular weight excluding hydrogens is 506 g/mol. The Balaban J connectivity index is 1.30. The first kappa shape index (κ1) is 24.5. The summed E-state index contributed by atoms with van der Waals surface area (Å²) in [6, 6.07) is 25.3. The SMILES string of the molecule is COc1ccc(-c2csc(NC(=O)CSc3nnc(-c4ccccc4)n3-c3ccccc3)n2)cc1OC. The molecule has 3 aromatic carbocycles. The lowest BCUT2D eigenvalue weighted by Gasteiger charge is -2.10. The van der Waals surface area contributed by atoms with Crippen LogP contribution in [0.4, 0.5) is 5.13 Å². The van der Waals surface area contributed by atoms with E-state index in [1.165, 1.54) is 23.1 Å². The number of amides is 1. The zero-order chi connectivity index (χ0) is 25.6. The molecule has 0 saturated heterocycles. The molecule has 0 saturated carbocycles. The van der Waals surface area contributed by atoms with Gasteiger partial charge in [-0.1, -0.05) is 60.3 Å². The Hall–Kier alpha value is -4.15. The third-order valence-corrected chi connectivity index (χ3v) is 7.13. The summed E-state index contributed by atoms with van der Waals surface area (Å²) >= 11 is 2.68. The van der Waals surface area contributed by atoms with Crippen molar-refractivity contribution in [2.45, 2.75) is 5.16 Å². The number of ether oxygens (including phenoxy) is 2. The minimum Gasteiger partial charge on any atom is -0.493 e. The number of anilines is 1. The molecule has 186 valence electrons. The molecule has 0 fully saturated rings. The normalized spacial score (nSPS) is 10.8. The molecule has 5 aromatic rings. The van der Waals surface area contributed by atoms with Crippen molar-refractivity contribution in [2.24, 2.45) is 0 Å². The van der Waals surface area contributed by atoms with Gasteiger partial charge in [0.15, 0.2) is 27.6 Å². The van der Waals surface area contributed by atoms with E-state index in [1.807, 2.05) is 88.8 Å². The molecule has 0 aliphatic rings. The summed E-state index contributed by atoms with van der Waals surface area (Å²) in [4.78, 5) is 17.3. The molecule has 10 heteroatoms. The maximum Gasteiger partial charge on any atom is 0.236 e. The number of hydrogen-bond acceptors (Lipinski definition) is 8. The quantitative estimate of drug-likeness (QED) is 0.241. The number of carbonyl (C=O) groups excluding carboxylic acids is 1. The van der Waals surface area contributed by atoms with Crippen LogP contribution in [0.25, 0.3) is 28.3 Å². The molecule has 2 heterocycles. The number of para-hydroxylation sites is 1. The van der Waals surface area contributed by atoms with E-state index in [4.69, 9.17) is 9.47 Å². The number of methoxy groups -OCH3 is 2. The van der Waals surface area contributed by atoms with Gasteiger partial charge in [-0.25, -0.2) is 4.98 Å². The lowest BCUT2D eigenvalue weighted by Crippen LogP contribution is -2.14. The molecule has 5 rings (SSSR count). The zero-order valence-electron chi connectivity index (χ0n) is 20.1. The predicted octanol–water partition coefficient (Wildman–Crippen LogP) is 5.81. The van der Waals surface area contributed by atoms with Gasteiger partial charge in [0.2, 0.25) is 5.91 Å². The summed E-state index contributed by atoms with van der Waals surface area (Å²) in [5, 5.41) is 14.7. The van der Waals surface area contributed by atoms with Gasteiger partial charge in [-0.05, 0) is 30.3 Å². The molecule has 1 N–H and O–H groups in total. The average Bonchev–Trinajstić information content (AvgIpc) is 3.60. The third kappa shape index (κ3) is 5.50. The molecule has 0 bridgehead atoms. The number of hydrogen-bond donors (Lipinski definition) is 1. The van der Waals surface area contributed by atoms with Crippen LogP contribution in [-0.4, -0.2) is 45.6 Å². The van der Waals surface area contributed by atoms with Gasteiger partial charge >= 0.3 is 0 Å². The molecule has 1 amide bonds. The first-order chi connectivity index (χ1) is 18.2. The molecule has 37 heavy (non-hydrogen) atoms. The van der Waals surface area contributed by atoms with Crippen LogP contribution >= 0.6 is 23.1 Å². The molecule has 0 aliphatic carbocycles. The van der Waals surface area contributed by atoms with Crippen LogP contribution in [-0.2, 0) is 4.79 Å². The molecule has 2 aromatic heterocycles. The van der Waals surface area contributed by atoms with E-state index >= 15 is 0 Å². The Labute approximate surface area is 222 Å². The van der Waals surface area contributed by atoms with Crippen molar-refractivity contribution in [3.8, 4) is 39.8 Å². The van der Waals surface area contributed by atoms with E-state index in [9.17, 15) is 4.79 Å². The van der Waals surface area contributed by atoms with Crippen molar-refractivity contribution in [2.75, 3.05) is 25.3 Å². The second-order valence-corrected chi connectivity index (χ2v) is 9.59. The highest BCUT2D eigenvalue weighted by atomic mass is 32.2. The number of benzene rings is 3. The van der Waals surface area contributed by atoms with Gasteiger partial charge in [0.05, 0.1) is 25.7 Å². The maximum absolute atomic E-state index is 12.8. The summed E-state index contributed by atoms with van der Waals surface area (Å²) < 4.78 is 12.6. The molecule has 0 aliphatic heterocycles. The molecule has 0 atom stereocenters. The summed E-state index contributed by atoms with van der Waals surface area (Å²) in [6.07, 6.45) is 0. The Morgan fingerprint density at radius 3 is 2.38 bits per heavy atom. The van der Waals surface area contributed by atoms with Crippen LogP contribution in [0.2, 0.25) is 0 Å². The van der Waals surface area contributed by atoms with Crippen LogP contribution in [0.15, 0.2) is 89.4 Å². The fourth-order valence-corrected chi connectivity index (χ4v) is 5.18.